The smallest absolute Gasteiger partial charge is 0.410 e. The van der Waals surface area contributed by atoms with Gasteiger partial charge in [-0.15, -0.1) is 0 Å². The fraction of sp³-hybridized carbons (Fsp3) is 0.682. The molecule has 3 atom stereocenters. The maximum Gasteiger partial charge on any atom is 0.410 e. The molecule has 1 saturated heterocycles. The molecule has 1 aromatic rings. The number of benzene rings is 1. The monoisotopic (exact) mass is 452 g/mol. The highest BCUT2D eigenvalue weighted by Gasteiger charge is 2.49. The third kappa shape index (κ3) is 6.27. The first-order valence-electron chi connectivity index (χ1n) is 10.6. The molecule has 0 saturated carbocycles. The minimum Gasteiger partial charge on any atom is -0.444 e. The third-order valence-corrected chi connectivity index (χ3v) is 10.5. The maximum atomic E-state index is 12.9. The largest absolute Gasteiger partial charge is 0.444 e. The zero-order valence-corrected chi connectivity index (χ0v) is 20.8. The third-order valence-electron chi connectivity index (χ3n) is 6.02. The van der Waals surface area contributed by atoms with Gasteiger partial charge < -0.3 is 14.3 Å². The molecule has 31 heavy (non-hydrogen) atoms. The molecule has 0 spiro atoms. The van der Waals surface area contributed by atoms with E-state index in [0.29, 0.717) is 6.42 Å². The molecule has 0 unspecified atom stereocenters. The number of nitro benzene ring substituents is 1. The van der Waals surface area contributed by atoms with Gasteiger partial charge in [-0.1, -0.05) is 32.9 Å². The number of likely N-dealkylation sites (tertiary alicyclic amines) is 1. The molecule has 0 aromatic heterocycles. The van der Waals surface area contributed by atoms with Crippen molar-refractivity contribution in [3.8, 4) is 0 Å². The van der Waals surface area contributed by atoms with Crippen molar-refractivity contribution >= 4 is 20.1 Å². The molecule has 1 aliphatic heterocycles. The molecule has 0 radical (unpaired) electrons. The van der Waals surface area contributed by atoms with Gasteiger partial charge in [0.2, 0.25) is 0 Å². The number of hydrogen-bond acceptors (Lipinski definition) is 6. The molecule has 0 bridgehead atoms. The minimum absolute atomic E-state index is 0.00106. The summed E-state index contributed by atoms with van der Waals surface area (Å²) in [6, 6.07) is 5.61. The summed E-state index contributed by atoms with van der Waals surface area (Å²) < 4.78 is 12.0. The van der Waals surface area contributed by atoms with Crippen LogP contribution in [0.3, 0.4) is 0 Å². The van der Waals surface area contributed by atoms with E-state index in [-0.39, 0.29) is 17.3 Å². The van der Waals surface area contributed by atoms with Crippen LogP contribution in [0.4, 0.5) is 10.5 Å². The van der Waals surface area contributed by atoms with Crippen LogP contribution in [0.2, 0.25) is 18.1 Å². The first-order chi connectivity index (χ1) is 14.0. The quantitative estimate of drug-likeness (QED) is 0.401. The summed E-state index contributed by atoms with van der Waals surface area (Å²) in [5, 5.41) is 22.0. The van der Waals surface area contributed by atoms with Crippen molar-refractivity contribution < 1.29 is 24.0 Å². The molecule has 0 aliphatic carbocycles. The number of nitro groups is 1. The van der Waals surface area contributed by atoms with Gasteiger partial charge in [-0.05, 0) is 50.9 Å². The molecule has 174 valence electrons. The van der Waals surface area contributed by atoms with Crippen LogP contribution >= 0.6 is 0 Å². The fourth-order valence-electron chi connectivity index (χ4n) is 3.29. The second kappa shape index (κ2) is 8.88. The molecule has 1 fully saturated rings. The Bertz CT molecular complexity index is 798. The second-order valence-electron chi connectivity index (χ2n) is 10.7. The Hall–Kier alpha value is -1.97. The lowest BCUT2D eigenvalue weighted by Crippen LogP contribution is -2.47. The van der Waals surface area contributed by atoms with E-state index < -0.39 is 43.2 Å². The number of non-ortho nitro benzene ring substituents is 1. The number of carbonyl (C=O) groups is 1. The van der Waals surface area contributed by atoms with Gasteiger partial charge >= 0.3 is 6.09 Å². The van der Waals surface area contributed by atoms with Crippen molar-refractivity contribution in [3.05, 3.63) is 39.9 Å². The van der Waals surface area contributed by atoms with Crippen LogP contribution in [0, 0.1) is 10.1 Å². The summed E-state index contributed by atoms with van der Waals surface area (Å²) in [6.07, 6.45) is -1.57. The van der Waals surface area contributed by atoms with Gasteiger partial charge in [0, 0.05) is 12.1 Å². The average molecular weight is 453 g/mol. The molecule has 1 heterocycles. The van der Waals surface area contributed by atoms with Gasteiger partial charge in [-0.2, -0.15) is 0 Å². The van der Waals surface area contributed by atoms with Gasteiger partial charge in [0.05, 0.1) is 23.6 Å². The number of nitrogens with zero attached hydrogens (tertiary/aromatic N) is 2. The van der Waals surface area contributed by atoms with Gasteiger partial charge in [0.1, 0.15) is 11.7 Å². The Morgan fingerprint density at radius 3 is 2.19 bits per heavy atom. The summed E-state index contributed by atoms with van der Waals surface area (Å²) in [4.78, 5) is 24.9. The molecule has 1 aromatic carbocycles. The molecule has 9 heteroatoms. The van der Waals surface area contributed by atoms with E-state index in [1.54, 1.807) is 32.9 Å². The molecule has 1 N–H and O–H groups in total. The van der Waals surface area contributed by atoms with E-state index in [9.17, 15) is 20.0 Å². The first kappa shape index (κ1) is 25.3. The highest BCUT2D eigenvalue weighted by Crippen LogP contribution is 2.39. The van der Waals surface area contributed by atoms with Crippen molar-refractivity contribution in [2.75, 3.05) is 6.54 Å². The van der Waals surface area contributed by atoms with Crippen LogP contribution < -0.4 is 0 Å². The van der Waals surface area contributed by atoms with E-state index in [4.69, 9.17) is 9.16 Å². The highest BCUT2D eigenvalue weighted by molar-refractivity contribution is 6.74. The standard InChI is InChI=1S/C22H36N2O6Si/c1-21(2,3)29-20(26)23-14-18(30-31(7,8)22(4,5)6)19(25)17(23)13-15-9-11-16(12-10-15)24(27)28/h9-12,17-19,25H,13-14H2,1-8H3/t17-,18+,19+/m1/s1. The van der Waals surface area contributed by atoms with Crippen molar-refractivity contribution in [1.29, 1.82) is 0 Å². The zero-order chi connectivity index (χ0) is 23.8. The van der Waals surface area contributed by atoms with E-state index in [1.165, 1.54) is 17.0 Å². The lowest BCUT2D eigenvalue weighted by molar-refractivity contribution is -0.384. The molecule has 2 rings (SSSR count). The number of amides is 1. The minimum atomic E-state index is -2.18. The Kier molecular flexibility index (Phi) is 7.24. The number of carbonyl (C=O) groups excluding carboxylic acids is 1. The molecular formula is C22H36N2O6Si. The summed E-state index contributed by atoms with van der Waals surface area (Å²) in [5.74, 6) is 0. The Balaban J connectivity index is 2.29. The fourth-order valence-corrected chi connectivity index (χ4v) is 4.61. The van der Waals surface area contributed by atoms with E-state index in [0.717, 1.165) is 5.56 Å². The number of aliphatic hydroxyl groups excluding tert-OH is 1. The summed E-state index contributed by atoms with van der Waals surface area (Å²) in [7, 11) is -2.18. The van der Waals surface area contributed by atoms with Crippen LogP contribution in [0.1, 0.15) is 47.1 Å². The topological polar surface area (TPSA) is 102 Å². The van der Waals surface area contributed by atoms with Crippen LogP contribution in [-0.2, 0) is 15.6 Å². The highest BCUT2D eigenvalue weighted by atomic mass is 28.4. The van der Waals surface area contributed by atoms with Crippen LogP contribution in [0.15, 0.2) is 24.3 Å². The molecule has 8 nitrogen and oxygen atoms in total. The maximum absolute atomic E-state index is 12.9. The number of hydrogen-bond donors (Lipinski definition) is 1. The van der Waals surface area contributed by atoms with Crippen molar-refractivity contribution in [2.24, 2.45) is 0 Å². The van der Waals surface area contributed by atoms with Crippen LogP contribution in [-0.4, -0.2) is 59.7 Å². The molecular weight excluding hydrogens is 416 g/mol. The number of aliphatic hydroxyl groups is 1. The second-order valence-corrected chi connectivity index (χ2v) is 15.5. The zero-order valence-electron chi connectivity index (χ0n) is 19.8. The van der Waals surface area contributed by atoms with Crippen molar-refractivity contribution in [3.63, 3.8) is 0 Å². The van der Waals surface area contributed by atoms with Crippen LogP contribution in [0.25, 0.3) is 0 Å². The predicted octanol–water partition coefficient (Wildman–Crippen LogP) is 4.51. The molecule has 1 aliphatic rings. The van der Waals surface area contributed by atoms with Gasteiger partial charge in [-0.25, -0.2) is 4.79 Å². The van der Waals surface area contributed by atoms with Crippen LogP contribution in [0.5, 0.6) is 0 Å². The van der Waals surface area contributed by atoms with E-state index >= 15 is 0 Å². The van der Waals surface area contributed by atoms with Gasteiger partial charge in [0.25, 0.3) is 5.69 Å². The Labute approximate surface area is 185 Å². The lowest BCUT2D eigenvalue weighted by Gasteiger charge is -2.39. The van der Waals surface area contributed by atoms with Gasteiger partial charge in [-0.3, -0.25) is 15.0 Å². The summed E-state index contributed by atoms with van der Waals surface area (Å²) in [6.45, 7) is 16.2. The number of rotatable bonds is 5. The molecule has 1 amide bonds. The van der Waals surface area contributed by atoms with E-state index in [1.807, 2.05) is 0 Å². The first-order valence-corrected chi connectivity index (χ1v) is 13.5. The summed E-state index contributed by atoms with van der Waals surface area (Å²) in [5.41, 5.74) is 0.119. The van der Waals surface area contributed by atoms with Gasteiger partial charge in [0.15, 0.2) is 8.32 Å². The Morgan fingerprint density at radius 2 is 1.74 bits per heavy atom. The van der Waals surface area contributed by atoms with Crippen molar-refractivity contribution in [1.82, 2.24) is 4.90 Å². The summed E-state index contributed by atoms with van der Waals surface area (Å²) >= 11 is 0. The van der Waals surface area contributed by atoms with E-state index in [2.05, 4.69) is 33.9 Å². The number of ether oxygens (including phenoxy) is 1. The average Bonchev–Trinajstić information content (AvgIpc) is 2.89. The lowest BCUT2D eigenvalue weighted by atomic mass is 10.0. The Morgan fingerprint density at radius 1 is 1.19 bits per heavy atom. The van der Waals surface area contributed by atoms with Crippen molar-refractivity contribution in [2.45, 2.75) is 89.9 Å². The SMILES string of the molecule is CC(C)(C)OC(=O)N1C[C@H](O[Si](C)(C)C(C)(C)C)[C@@H](O)[C@H]1Cc1ccc([N+](=O)[O-])cc1. The predicted molar refractivity (Wildman–Crippen MR) is 122 cm³/mol. The normalized spacial score (nSPS) is 22.5.